The van der Waals surface area contributed by atoms with Crippen LogP contribution >= 0.6 is 11.3 Å². The first-order valence-electron chi connectivity index (χ1n) is 5.84. The summed E-state index contributed by atoms with van der Waals surface area (Å²) >= 11 is 1.41. The van der Waals surface area contributed by atoms with Crippen molar-refractivity contribution in [3.63, 3.8) is 0 Å². The lowest BCUT2D eigenvalue weighted by Gasteiger charge is -2.22. The van der Waals surface area contributed by atoms with Crippen molar-refractivity contribution < 1.29 is 9.90 Å². The molecule has 0 amide bonds. The maximum atomic E-state index is 10.8. The highest BCUT2D eigenvalue weighted by atomic mass is 32.1. The van der Waals surface area contributed by atoms with Gasteiger partial charge in [-0.3, -0.25) is 0 Å². The molecule has 0 aromatic carbocycles. The van der Waals surface area contributed by atoms with Crippen LogP contribution in [0.15, 0.2) is 12.1 Å². The number of carboxylic acids is 1. The second-order valence-corrected chi connectivity index (χ2v) is 5.83. The smallest absolute Gasteiger partial charge is 0.345 e. The van der Waals surface area contributed by atoms with Crippen molar-refractivity contribution in [3.05, 3.63) is 17.0 Å². The zero-order valence-electron chi connectivity index (χ0n) is 9.06. The van der Waals surface area contributed by atoms with Crippen LogP contribution < -0.4 is 4.90 Å². The summed E-state index contributed by atoms with van der Waals surface area (Å²) in [6.07, 6.45) is 5.24. The number of hydrogen-bond donors (Lipinski definition) is 1. The standard InChI is InChI=1S/C12H15NO2S/c14-12(15)10-5-6-11(16-10)13(9-3-4-9)7-8-1-2-8/h5-6,8-9H,1-4,7H2,(H,14,15). The van der Waals surface area contributed by atoms with Crippen molar-refractivity contribution in [2.45, 2.75) is 31.7 Å². The molecule has 0 atom stereocenters. The van der Waals surface area contributed by atoms with Gasteiger partial charge >= 0.3 is 5.97 Å². The number of anilines is 1. The molecule has 86 valence electrons. The van der Waals surface area contributed by atoms with Gasteiger partial charge in [-0.05, 0) is 43.7 Å². The van der Waals surface area contributed by atoms with E-state index in [0.717, 1.165) is 17.5 Å². The van der Waals surface area contributed by atoms with Gasteiger partial charge in [0.1, 0.15) is 4.88 Å². The molecular weight excluding hydrogens is 222 g/mol. The predicted molar refractivity (Wildman–Crippen MR) is 64.4 cm³/mol. The Morgan fingerprint density at radius 3 is 2.62 bits per heavy atom. The molecule has 16 heavy (non-hydrogen) atoms. The van der Waals surface area contributed by atoms with Gasteiger partial charge in [-0.2, -0.15) is 0 Å². The molecule has 0 unspecified atom stereocenters. The van der Waals surface area contributed by atoms with E-state index in [1.807, 2.05) is 6.07 Å². The van der Waals surface area contributed by atoms with Crippen LogP contribution in [0, 0.1) is 5.92 Å². The first-order chi connectivity index (χ1) is 7.74. The van der Waals surface area contributed by atoms with Gasteiger partial charge in [-0.1, -0.05) is 0 Å². The molecule has 1 aromatic rings. The molecule has 0 radical (unpaired) electrons. The molecule has 2 saturated carbocycles. The highest BCUT2D eigenvalue weighted by molar-refractivity contribution is 7.17. The molecule has 1 heterocycles. The Kier molecular flexibility index (Phi) is 2.39. The minimum absolute atomic E-state index is 0.455. The van der Waals surface area contributed by atoms with Gasteiger partial charge in [-0.15, -0.1) is 11.3 Å². The molecule has 2 fully saturated rings. The maximum Gasteiger partial charge on any atom is 0.345 e. The van der Waals surface area contributed by atoms with Gasteiger partial charge < -0.3 is 10.0 Å². The Balaban J connectivity index is 1.77. The van der Waals surface area contributed by atoms with E-state index < -0.39 is 5.97 Å². The minimum Gasteiger partial charge on any atom is -0.477 e. The summed E-state index contributed by atoms with van der Waals surface area (Å²) in [5.41, 5.74) is 0. The number of aromatic carboxylic acids is 1. The second-order valence-electron chi connectivity index (χ2n) is 4.77. The predicted octanol–water partition coefficient (Wildman–Crippen LogP) is 2.83. The van der Waals surface area contributed by atoms with Crippen LogP contribution in [0.4, 0.5) is 5.00 Å². The van der Waals surface area contributed by atoms with Crippen molar-refractivity contribution in [1.29, 1.82) is 0 Å². The molecule has 3 rings (SSSR count). The summed E-state index contributed by atoms with van der Waals surface area (Å²) in [5.74, 6) is 0.0504. The van der Waals surface area contributed by atoms with E-state index in [0.29, 0.717) is 10.9 Å². The third-order valence-corrected chi connectivity index (χ3v) is 4.34. The van der Waals surface area contributed by atoms with Crippen molar-refractivity contribution >= 4 is 22.3 Å². The summed E-state index contributed by atoms with van der Waals surface area (Å²) in [7, 11) is 0. The van der Waals surface area contributed by atoms with Gasteiger partial charge in [-0.25, -0.2) is 4.79 Å². The van der Waals surface area contributed by atoms with Crippen LogP contribution in [-0.4, -0.2) is 23.7 Å². The molecule has 3 nitrogen and oxygen atoms in total. The van der Waals surface area contributed by atoms with E-state index in [9.17, 15) is 4.79 Å². The second kappa shape index (κ2) is 3.77. The molecule has 4 heteroatoms. The molecular formula is C12H15NO2S. The van der Waals surface area contributed by atoms with Crippen LogP contribution in [-0.2, 0) is 0 Å². The Morgan fingerprint density at radius 1 is 1.38 bits per heavy atom. The fourth-order valence-corrected chi connectivity index (χ4v) is 2.91. The number of carbonyl (C=O) groups is 1. The van der Waals surface area contributed by atoms with Crippen LogP contribution in [0.1, 0.15) is 35.4 Å². The molecule has 2 aliphatic rings. The molecule has 1 aromatic heterocycles. The lowest BCUT2D eigenvalue weighted by molar-refractivity contribution is 0.0702. The summed E-state index contributed by atoms with van der Waals surface area (Å²) in [4.78, 5) is 13.7. The zero-order valence-corrected chi connectivity index (χ0v) is 9.87. The number of rotatable bonds is 5. The Hall–Kier alpha value is -1.03. The van der Waals surface area contributed by atoms with Gasteiger partial charge in [0.2, 0.25) is 0 Å². The zero-order chi connectivity index (χ0) is 11.1. The Morgan fingerprint density at radius 2 is 2.12 bits per heavy atom. The number of carboxylic acid groups (broad SMARTS) is 1. The average molecular weight is 237 g/mol. The average Bonchev–Trinajstić information content (AvgIpc) is 3.14. The van der Waals surface area contributed by atoms with E-state index >= 15 is 0 Å². The lowest BCUT2D eigenvalue weighted by Crippen LogP contribution is -2.26. The van der Waals surface area contributed by atoms with E-state index in [1.165, 1.54) is 37.0 Å². The molecule has 1 N–H and O–H groups in total. The fourth-order valence-electron chi connectivity index (χ4n) is 1.98. The monoisotopic (exact) mass is 237 g/mol. The van der Waals surface area contributed by atoms with E-state index in [-0.39, 0.29) is 0 Å². The van der Waals surface area contributed by atoms with Gasteiger partial charge in [0.05, 0.1) is 5.00 Å². The third-order valence-electron chi connectivity index (χ3n) is 3.23. The van der Waals surface area contributed by atoms with Gasteiger partial charge in [0.15, 0.2) is 0 Å². The number of hydrogen-bond acceptors (Lipinski definition) is 3. The molecule has 0 bridgehead atoms. The highest BCUT2D eigenvalue weighted by Crippen LogP contribution is 2.40. The van der Waals surface area contributed by atoms with Crippen molar-refractivity contribution in [3.8, 4) is 0 Å². The number of thiophene rings is 1. The Bertz CT molecular complexity index is 407. The van der Waals surface area contributed by atoms with Gasteiger partial charge in [0.25, 0.3) is 0 Å². The topological polar surface area (TPSA) is 40.5 Å². The minimum atomic E-state index is -0.807. The van der Waals surface area contributed by atoms with E-state index in [2.05, 4.69) is 4.90 Å². The van der Waals surface area contributed by atoms with Crippen LogP contribution in [0.25, 0.3) is 0 Å². The van der Waals surface area contributed by atoms with Crippen molar-refractivity contribution in [2.24, 2.45) is 5.92 Å². The summed E-state index contributed by atoms with van der Waals surface area (Å²) in [6.45, 7) is 1.13. The quantitative estimate of drug-likeness (QED) is 0.856. The van der Waals surface area contributed by atoms with Crippen molar-refractivity contribution in [1.82, 2.24) is 0 Å². The first kappa shape index (κ1) is 10.1. The van der Waals surface area contributed by atoms with Crippen LogP contribution in [0.5, 0.6) is 0 Å². The molecule has 2 aliphatic carbocycles. The normalized spacial score (nSPS) is 19.8. The number of nitrogens with zero attached hydrogens (tertiary/aromatic N) is 1. The summed E-state index contributed by atoms with van der Waals surface area (Å²) in [6, 6.07) is 4.38. The lowest BCUT2D eigenvalue weighted by atomic mass is 10.3. The van der Waals surface area contributed by atoms with Crippen LogP contribution in [0.3, 0.4) is 0 Å². The largest absolute Gasteiger partial charge is 0.477 e. The maximum absolute atomic E-state index is 10.8. The summed E-state index contributed by atoms with van der Waals surface area (Å²) < 4.78 is 0. The molecule has 0 spiro atoms. The van der Waals surface area contributed by atoms with Crippen LogP contribution in [0.2, 0.25) is 0 Å². The van der Waals surface area contributed by atoms with Crippen molar-refractivity contribution in [2.75, 3.05) is 11.4 Å². The van der Waals surface area contributed by atoms with E-state index in [4.69, 9.17) is 5.11 Å². The summed E-state index contributed by atoms with van der Waals surface area (Å²) in [5, 5.41) is 10.1. The third kappa shape index (κ3) is 2.07. The SMILES string of the molecule is O=C(O)c1ccc(N(CC2CC2)C2CC2)s1. The first-order valence-corrected chi connectivity index (χ1v) is 6.65. The highest BCUT2D eigenvalue weighted by Gasteiger charge is 2.34. The fraction of sp³-hybridized carbons (Fsp3) is 0.583. The Labute approximate surface area is 98.7 Å². The van der Waals surface area contributed by atoms with E-state index in [1.54, 1.807) is 6.07 Å². The molecule has 0 saturated heterocycles. The molecule has 0 aliphatic heterocycles. The van der Waals surface area contributed by atoms with Gasteiger partial charge in [0, 0.05) is 12.6 Å².